The summed E-state index contributed by atoms with van der Waals surface area (Å²) in [6, 6.07) is 3.77. The summed E-state index contributed by atoms with van der Waals surface area (Å²) in [5.74, 6) is 0.885. The molecule has 7 nitrogen and oxygen atoms in total. The Hall–Kier alpha value is -1.96. The number of halogens is 1. The van der Waals surface area contributed by atoms with Crippen LogP contribution in [0.1, 0.15) is 25.7 Å². The van der Waals surface area contributed by atoms with Crippen molar-refractivity contribution in [1.29, 1.82) is 0 Å². The molecular weight excluding hydrogens is 366 g/mol. The third-order valence-electron chi connectivity index (χ3n) is 2.90. The van der Waals surface area contributed by atoms with Gasteiger partial charge >= 0.3 is 5.97 Å². The second-order valence-corrected chi connectivity index (χ2v) is 4.68. The number of rotatable bonds is 9. The minimum absolute atomic E-state index is 0. The first kappa shape index (κ1) is 19.1. The molecule has 0 spiro atoms. The summed E-state index contributed by atoms with van der Waals surface area (Å²) < 4.78 is 17.4. The molecule has 0 aliphatic carbocycles. The Labute approximate surface area is 145 Å². The highest BCUT2D eigenvalue weighted by Crippen LogP contribution is 2.07. The van der Waals surface area contributed by atoms with Gasteiger partial charge in [-0.3, -0.25) is 4.79 Å². The summed E-state index contributed by atoms with van der Waals surface area (Å²) in [5, 5.41) is 3.47. The molecule has 0 aromatic carbocycles. The van der Waals surface area contributed by atoms with Gasteiger partial charge < -0.3 is 31.0 Å². The molecule has 2 rings (SSSR count). The number of carbonyl (C=O) groups is 1. The standard InChI is InChI=1S/C15H20N3O4.BrH/c1-2-7-18-8-3-13(4-9-18)20-11-6-15(19)21-10-5-14-16-12-17-22-14;/h3-4,8-9,12H,2,5-7,10-11H2,1H3;1H/q+1;/p-1. The van der Waals surface area contributed by atoms with E-state index in [0.717, 1.165) is 18.7 Å². The van der Waals surface area contributed by atoms with E-state index in [2.05, 4.69) is 21.6 Å². The summed E-state index contributed by atoms with van der Waals surface area (Å²) in [6.07, 6.45) is 6.94. The van der Waals surface area contributed by atoms with Crippen LogP contribution in [0.15, 0.2) is 35.4 Å². The molecule has 0 radical (unpaired) electrons. The van der Waals surface area contributed by atoms with Crippen LogP contribution in [-0.4, -0.2) is 29.3 Å². The molecule has 0 saturated carbocycles. The van der Waals surface area contributed by atoms with Crippen LogP contribution in [0.25, 0.3) is 0 Å². The largest absolute Gasteiger partial charge is 1.00 e. The highest BCUT2D eigenvalue weighted by atomic mass is 79.9. The molecule has 0 N–H and O–H groups in total. The lowest BCUT2D eigenvalue weighted by atomic mass is 10.4. The van der Waals surface area contributed by atoms with Gasteiger partial charge in [0.15, 0.2) is 18.7 Å². The monoisotopic (exact) mass is 385 g/mol. The molecular formula is C15H20BrN3O4. The molecule has 126 valence electrons. The molecule has 0 bridgehead atoms. The normalized spacial score (nSPS) is 9.96. The average molecular weight is 386 g/mol. The first-order valence-electron chi connectivity index (χ1n) is 7.31. The van der Waals surface area contributed by atoms with E-state index in [9.17, 15) is 4.79 Å². The zero-order valence-corrected chi connectivity index (χ0v) is 14.6. The van der Waals surface area contributed by atoms with Crippen LogP contribution in [0.2, 0.25) is 0 Å². The lowest BCUT2D eigenvalue weighted by Crippen LogP contribution is -3.00. The van der Waals surface area contributed by atoms with Gasteiger partial charge in [0, 0.05) is 18.6 Å². The Balaban J connectivity index is 0.00000264. The fraction of sp³-hybridized carbons (Fsp3) is 0.467. The third kappa shape index (κ3) is 7.23. The van der Waals surface area contributed by atoms with Crippen LogP contribution in [0, 0.1) is 0 Å². The van der Waals surface area contributed by atoms with E-state index in [1.54, 1.807) is 0 Å². The summed E-state index contributed by atoms with van der Waals surface area (Å²) >= 11 is 0. The maximum absolute atomic E-state index is 11.5. The molecule has 23 heavy (non-hydrogen) atoms. The second kappa shape index (κ2) is 10.7. The smallest absolute Gasteiger partial charge is 0.309 e. The Morgan fingerprint density at radius 1 is 1.30 bits per heavy atom. The topological polar surface area (TPSA) is 78.3 Å². The van der Waals surface area contributed by atoms with Crippen molar-refractivity contribution >= 4 is 5.97 Å². The maximum Gasteiger partial charge on any atom is 0.309 e. The molecule has 0 atom stereocenters. The molecule has 0 amide bonds. The Morgan fingerprint density at radius 2 is 2.09 bits per heavy atom. The number of carbonyl (C=O) groups excluding carboxylic acids is 1. The predicted octanol–water partition coefficient (Wildman–Crippen LogP) is -1.67. The number of nitrogens with zero attached hydrogens (tertiary/aromatic N) is 3. The minimum Gasteiger partial charge on any atom is -1.00 e. The van der Waals surface area contributed by atoms with Crippen molar-refractivity contribution in [2.24, 2.45) is 0 Å². The van der Waals surface area contributed by atoms with Gasteiger partial charge in [-0.25, -0.2) is 4.57 Å². The first-order valence-corrected chi connectivity index (χ1v) is 7.31. The lowest BCUT2D eigenvalue weighted by Gasteiger charge is -2.05. The first-order chi connectivity index (χ1) is 10.8. The summed E-state index contributed by atoms with van der Waals surface area (Å²) in [5.41, 5.74) is 0. The third-order valence-corrected chi connectivity index (χ3v) is 2.90. The Bertz CT molecular complexity index is 561. The Kier molecular flexibility index (Phi) is 8.89. The molecule has 2 heterocycles. The van der Waals surface area contributed by atoms with Crippen LogP contribution < -0.4 is 26.3 Å². The van der Waals surface area contributed by atoms with Crippen LogP contribution in [0.4, 0.5) is 0 Å². The van der Waals surface area contributed by atoms with Gasteiger partial charge in [0.25, 0.3) is 0 Å². The van der Waals surface area contributed by atoms with Crippen molar-refractivity contribution < 1.29 is 40.3 Å². The van der Waals surface area contributed by atoms with Gasteiger partial charge in [-0.2, -0.15) is 4.98 Å². The van der Waals surface area contributed by atoms with E-state index in [1.807, 2.05) is 24.5 Å². The summed E-state index contributed by atoms with van der Waals surface area (Å²) in [6.45, 7) is 3.62. The zero-order chi connectivity index (χ0) is 15.6. The Morgan fingerprint density at radius 3 is 2.74 bits per heavy atom. The van der Waals surface area contributed by atoms with E-state index in [4.69, 9.17) is 14.0 Å². The number of pyridine rings is 1. The van der Waals surface area contributed by atoms with E-state index >= 15 is 0 Å². The predicted molar refractivity (Wildman–Crippen MR) is 76.0 cm³/mol. The molecule has 0 aliphatic heterocycles. The average Bonchev–Trinajstić information content (AvgIpc) is 3.03. The number of hydrogen-bond donors (Lipinski definition) is 0. The van der Waals surface area contributed by atoms with Crippen molar-refractivity contribution in [3.05, 3.63) is 36.7 Å². The van der Waals surface area contributed by atoms with E-state index in [-0.39, 0.29) is 42.6 Å². The summed E-state index contributed by atoms with van der Waals surface area (Å²) in [4.78, 5) is 15.4. The molecule has 8 heteroatoms. The minimum atomic E-state index is -0.309. The quantitative estimate of drug-likeness (QED) is 0.379. The van der Waals surface area contributed by atoms with Gasteiger partial charge in [0.05, 0.1) is 19.4 Å². The molecule has 0 saturated heterocycles. The van der Waals surface area contributed by atoms with Crippen LogP contribution in [0.5, 0.6) is 5.75 Å². The van der Waals surface area contributed by atoms with Crippen molar-refractivity contribution in [1.82, 2.24) is 10.1 Å². The molecule has 0 unspecified atom stereocenters. The van der Waals surface area contributed by atoms with Crippen LogP contribution in [-0.2, 0) is 22.5 Å². The lowest BCUT2D eigenvalue weighted by molar-refractivity contribution is -0.697. The number of aryl methyl sites for hydroxylation is 1. The molecule has 0 fully saturated rings. The zero-order valence-electron chi connectivity index (χ0n) is 13.0. The number of aromatic nitrogens is 3. The highest BCUT2D eigenvalue weighted by Gasteiger charge is 2.06. The number of esters is 1. The van der Waals surface area contributed by atoms with Gasteiger partial charge in [0.1, 0.15) is 18.9 Å². The van der Waals surface area contributed by atoms with Crippen molar-refractivity contribution in [2.45, 2.75) is 32.7 Å². The van der Waals surface area contributed by atoms with Gasteiger partial charge in [0.2, 0.25) is 5.89 Å². The molecule has 0 aliphatic rings. The summed E-state index contributed by atoms with van der Waals surface area (Å²) in [7, 11) is 0. The van der Waals surface area contributed by atoms with Crippen LogP contribution in [0.3, 0.4) is 0 Å². The number of ether oxygens (including phenoxy) is 2. The van der Waals surface area contributed by atoms with Crippen molar-refractivity contribution in [3.8, 4) is 5.75 Å². The van der Waals surface area contributed by atoms with Crippen molar-refractivity contribution in [3.63, 3.8) is 0 Å². The maximum atomic E-state index is 11.5. The fourth-order valence-corrected chi connectivity index (χ4v) is 1.83. The SMILES string of the molecule is CCC[n+]1ccc(OCCC(=O)OCCc2ncno2)cc1.[Br-]. The molecule has 2 aromatic rings. The van der Waals surface area contributed by atoms with Gasteiger partial charge in [-0.05, 0) is 0 Å². The van der Waals surface area contributed by atoms with E-state index in [0.29, 0.717) is 12.3 Å². The van der Waals surface area contributed by atoms with E-state index in [1.165, 1.54) is 6.33 Å². The molecule has 2 aromatic heterocycles. The fourth-order valence-electron chi connectivity index (χ4n) is 1.83. The van der Waals surface area contributed by atoms with Crippen LogP contribution >= 0.6 is 0 Å². The van der Waals surface area contributed by atoms with E-state index < -0.39 is 0 Å². The van der Waals surface area contributed by atoms with Gasteiger partial charge in [-0.1, -0.05) is 12.1 Å². The van der Waals surface area contributed by atoms with Gasteiger partial charge in [-0.15, -0.1) is 0 Å². The highest BCUT2D eigenvalue weighted by molar-refractivity contribution is 5.69. The number of hydrogen-bond acceptors (Lipinski definition) is 6. The second-order valence-electron chi connectivity index (χ2n) is 4.68. The van der Waals surface area contributed by atoms with Crippen molar-refractivity contribution in [2.75, 3.05) is 13.2 Å².